The minimum Gasteiger partial charge on any atom is -0.407 e. The van der Waals surface area contributed by atoms with Crippen LogP contribution < -0.4 is 11.1 Å². The summed E-state index contributed by atoms with van der Waals surface area (Å²) in [5.74, 6) is -1.43. The van der Waals surface area contributed by atoms with Gasteiger partial charge in [0.2, 0.25) is 5.91 Å². The lowest BCUT2D eigenvalue weighted by atomic mass is 10.3. The number of hydrogen-bond acceptors (Lipinski definition) is 6. The number of aryl methyl sites for hydroxylation is 1. The number of carbonyl (C=O) groups is 1. The first kappa shape index (κ1) is 19.1. The second kappa shape index (κ2) is 7.28. The summed E-state index contributed by atoms with van der Waals surface area (Å²) < 4.78 is 20.7. The molecule has 0 fully saturated rings. The Morgan fingerprint density at radius 1 is 1.23 bits per heavy atom. The van der Waals surface area contributed by atoms with Crippen molar-refractivity contribution in [2.45, 2.75) is 13.5 Å². The van der Waals surface area contributed by atoms with Crippen LogP contribution in [0, 0.1) is 22.9 Å². The van der Waals surface area contributed by atoms with Gasteiger partial charge in [0.25, 0.3) is 5.69 Å². The molecule has 10 nitrogen and oxygen atoms in total. The summed E-state index contributed by atoms with van der Waals surface area (Å²) in [6.07, 6.45) is 0. The van der Waals surface area contributed by atoms with Gasteiger partial charge in [0.15, 0.2) is 5.58 Å². The third-order valence-corrected chi connectivity index (χ3v) is 4.33. The number of aromatic nitrogens is 3. The third kappa shape index (κ3) is 3.55. The van der Waals surface area contributed by atoms with Crippen molar-refractivity contribution in [1.29, 1.82) is 0 Å². The summed E-state index contributed by atoms with van der Waals surface area (Å²) >= 11 is 0. The summed E-state index contributed by atoms with van der Waals surface area (Å²) in [7, 11) is 0. The smallest absolute Gasteiger partial charge is 0.407 e. The molecule has 0 atom stereocenters. The normalized spacial score (nSPS) is 11.0. The molecule has 1 amide bonds. The third-order valence-electron chi connectivity index (χ3n) is 4.33. The van der Waals surface area contributed by atoms with Crippen molar-refractivity contribution >= 4 is 28.5 Å². The predicted molar refractivity (Wildman–Crippen MR) is 104 cm³/mol. The number of halogens is 1. The van der Waals surface area contributed by atoms with E-state index in [4.69, 9.17) is 4.42 Å². The molecule has 2 heterocycles. The number of rotatable bonds is 5. The number of non-ortho nitro benzene ring substituents is 1. The number of nitro benzene ring substituents is 1. The van der Waals surface area contributed by atoms with E-state index in [2.05, 4.69) is 10.4 Å². The van der Waals surface area contributed by atoms with Crippen molar-refractivity contribution in [3.8, 4) is 5.69 Å². The fourth-order valence-electron chi connectivity index (χ4n) is 3.01. The van der Waals surface area contributed by atoms with Crippen LogP contribution in [-0.2, 0) is 11.3 Å². The molecule has 0 saturated heterocycles. The zero-order valence-corrected chi connectivity index (χ0v) is 15.5. The van der Waals surface area contributed by atoms with Gasteiger partial charge in [-0.15, -0.1) is 0 Å². The highest BCUT2D eigenvalue weighted by Crippen LogP contribution is 2.21. The van der Waals surface area contributed by atoms with Gasteiger partial charge in [-0.25, -0.2) is 13.9 Å². The van der Waals surface area contributed by atoms with Crippen LogP contribution in [0.15, 0.2) is 57.7 Å². The number of nitrogens with one attached hydrogen (secondary N) is 1. The van der Waals surface area contributed by atoms with E-state index in [0.717, 1.165) is 10.6 Å². The standard InChI is InChI=1S/C19H14FN5O5/c1-11-8-17(24(22-11)13-4-2-12(20)3-5-13)21-18(26)10-23-15-7-6-14(25(28)29)9-16(15)30-19(23)27/h2-9H,10H2,1H3,(H,21,26). The summed E-state index contributed by atoms with van der Waals surface area (Å²) in [6.45, 7) is 1.36. The maximum absolute atomic E-state index is 13.2. The second-order valence-electron chi connectivity index (χ2n) is 6.47. The molecule has 0 spiro atoms. The van der Waals surface area contributed by atoms with Crippen LogP contribution in [0.3, 0.4) is 0 Å². The van der Waals surface area contributed by atoms with Crippen LogP contribution in [0.1, 0.15) is 5.69 Å². The average molecular weight is 411 g/mol. The summed E-state index contributed by atoms with van der Waals surface area (Å²) in [5.41, 5.74) is 1.19. The van der Waals surface area contributed by atoms with Crippen LogP contribution in [0.4, 0.5) is 15.9 Å². The van der Waals surface area contributed by atoms with Crippen molar-refractivity contribution in [1.82, 2.24) is 14.3 Å². The molecule has 11 heteroatoms. The van der Waals surface area contributed by atoms with Gasteiger partial charge in [-0.3, -0.25) is 19.5 Å². The van der Waals surface area contributed by atoms with E-state index in [1.807, 2.05) is 0 Å². The topological polar surface area (TPSA) is 125 Å². The van der Waals surface area contributed by atoms with Gasteiger partial charge in [-0.1, -0.05) is 0 Å². The average Bonchev–Trinajstić information content (AvgIpc) is 3.21. The number of carbonyl (C=O) groups excluding carboxylic acids is 1. The van der Waals surface area contributed by atoms with E-state index in [0.29, 0.717) is 17.2 Å². The molecule has 0 aliphatic heterocycles. The zero-order valence-electron chi connectivity index (χ0n) is 15.5. The number of nitrogens with zero attached hydrogens (tertiary/aromatic N) is 4. The van der Waals surface area contributed by atoms with Gasteiger partial charge in [0, 0.05) is 12.1 Å². The fourth-order valence-corrected chi connectivity index (χ4v) is 3.01. The van der Waals surface area contributed by atoms with Crippen LogP contribution in [0.25, 0.3) is 16.8 Å². The summed E-state index contributed by atoms with van der Waals surface area (Å²) in [4.78, 5) is 35.0. The summed E-state index contributed by atoms with van der Waals surface area (Å²) in [5, 5.41) is 17.8. The van der Waals surface area contributed by atoms with E-state index in [1.54, 1.807) is 13.0 Å². The zero-order chi connectivity index (χ0) is 21.4. The molecule has 30 heavy (non-hydrogen) atoms. The van der Waals surface area contributed by atoms with Gasteiger partial charge in [-0.05, 0) is 37.3 Å². The molecule has 152 valence electrons. The Morgan fingerprint density at radius 2 is 1.97 bits per heavy atom. The molecule has 0 bridgehead atoms. The Balaban J connectivity index is 1.60. The Morgan fingerprint density at radius 3 is 2.67 bits per heavy atom. The number of hydrogen-bond donors (Lipinski definition) is 1. The Hall–Kier alpha value is -4.28. The molecule has 4 aromatic rings. The maximum Gasteiger partial charge on any atom is 0.420 e. The molecule has 0 saturated carbocycles. The number of benzene rings is 2. The number of nitro groups is 1. The number of amides is 1. The van der Waals surface area contributed by atoms with Gasteiger partial charge in [0.1, 0.15) is 18.2 Å². The van der Waals surface area contributed by atoms with E-state index in [9.17, 15) is 24.1 Å². The first-order valence-corrected chi connectivity index (χ1v) is 8.72. The van der Waals surface area contributed by atoms with Crippen molar-refractivity contribution in [3.05, 3.63) is 80.7 Å². The lowest BCUT2D eigenvalue weighted by Gasteiger charge is -2.09. The first-order chi connectivity index (χ1) is 14.3. The van der Waals surface area contributed by atoms with Crippen molar-refractivity contribution in [2.24, 2.45) is 0 Å². The van der Waals surface area contributed by atoms with E-state index in [1.165, 1.54) is 41.1 Å². The van der Waals surface area contributed by atoms with Crippen molar-refractivity contribution in [2.75, 3.05) is 5.32 Å². The van der Waals surface area contributed by atoms with Crippen molar-refractivity contribution < 1.29 is 18.5 Å². The lowest BCUT2D eigenvalue weighted by molar-refractivity contribution is -0.384. The highest BCUT2D eigenvalue weighted by molar-refractivity contribution is 5.91. The monoisotopic (exact) mass is 411 g/mol. The number of fused-ring (bicyclic) bond motifs is 1. The van der Waals surface area contributed by atoms with Crippen LogP contribution in [0.2, 0.25) is 0 Å². The van der Waals surface area contributed by atoms with Gasteiger partial charge >= 0.3 is 5.76 Å². The van der Waals surface area contributed by atoms with Gasteiger partial charge in [0.05, 0.1) is 27.9 Å². The van der Waals surface area contributed by atoms with E-state index in [-0.39, 0.29) is 23.3 Å². The van der Waals surface area contributed by atoms with Crippen LogP contribution in [-0.4, -0.2) is 25.2 Å². The molecule has 4 rings (SSSR count). The SMILES string of the molecule is Cc1cc(NC(=O)Cn2c(=O)oc3cc([N+](=O)[O-])ccc32)n(-c2ccc(F)cc2)n1. The lowest BCUT2D eigenvalue weighted by Crippen LogP contribution is -2.25. The minimum absolute atomic E-state index is 0.00852. The quantitative estimate of drug-likeness (QED) is 0.398. The highest BCUT2D eigenvalue weighted by atomic mass is 19.1. The molecule has 1 N–H and O–H groups in total. The molecule has 2 aromatic carbocycles. The Kier molecular flexibility index (Phi) is 4.62. The van der Waals surface area contributed by atoms with E-state index < -0.39 is 22.4 Å². The van der Waals surface area contributed by atoms with Crippen molar-refractivity contribution in [3.63, 3.8) is 0 Å². The Bertz CT molecular complexity index is 1340. The number of anilines is 1. The van der Waals surface area contributed by atoms with Crippen LogP contribution in [0.5, 0.6) is 0 Å². The molecule has 2 aromatic heterocycles. The molecule has 0 aliphatic carbocycles. The molecule has 0 unspecified atom stereocenters. The Labute approximate surface area is 167 Å². The molecule has 0 radical (unpaired) electrons. The van der Waals surface area contributed by atoms with Gasteiger partial charge in [-0.2, -0.15) is 5.10 Å². The second-order valence-corrected chi connectivity index (χ2v) is 6.47. The molecular weight excluding hydrogens is 397 g/mol. The molecular formula is C19H14FN5O5. The molecule has 0 aliphatic rings. The fraction of sp³-hybridized carbons (Fsp3) is 0.105. The van der Waals surface area contributed by atoms with Crippen LogP contribution >= 0.6 is 0 Å². The highest BCUT2D eigenvalue weighted by Gasteiger charge is 2.17. The van der Waals surface area contributed by atoms with Gasteiger partial charge < -0.3 is 9.73 Å². The predicted octanol–water partition coefficient (Wildman–Crippen LogP) is 2.77. The minimum atomic E-state index is -0.816. The number of oxazole rings is 1. The summed E-state index contributed by atoms with van der Waals surface area (Å²) in [6, 6.07) is 10.9. The maximum atomic E-state index is 13.2. The first-order valence-electron chi connectivity index (χ1n) is 8.72. The largest absolute Gasteiger partial charge is 0.420 e. The van der Waals surface area contributed by atoms with E-state index >= 15 is 0 Å².